The third kappa shape index (κ3) is 2.54. The highest BCUT2D eigenvalue weighted by Crippen LogP contribution is 2.20. The predicted molar refractivity (Wildman–Crippen MR) is 74.9 cm³/mol. The van der Waals surface area contributed by atoms with Crippen LogP contribution in [0.5, 0.6) is 0 Å². The summed E-state index contributed by atoms with van der Waals surface area (Å²) in [5, 5.41) is 0.791. The molecule has 1 aromatic carbocycles. The Morgan fingerprint density at radius 2 is 1.83 bits per heavy atom. The van der Waals surface area contributed by atoms with Gasteiger partial charge in [-0.3, -0.25) is 9.80 Å². The molecular formula is C14H20ClN3. The van der Waals surface area contributed by atoms with E-state index in [4.69, 9.17) is 17.3 Å². The summed E-state index contributed by atoms with van der Waals surface area (Å²) in [6, 6.07) is 8.79. The van der Waals surface area contributed by atoms with Crippen molar-refractivity contribution in [2.45, 2.75) is 18.5 Å². The van der Waals surface area contributed by atoms with E-state index >= 15 is 0 Å². The van der Waals surface area contributed by atoms with Gasteiger partial charge in [0.1, 0.15) is 0 Å². The quantitative estimate of drug-likeness (QED) is 0.892. The van der Waals surface area contributed by atoms with E-state index < -0.39 is 0 Å². The highest BCUT2D eigenvalue weighted by Gasteiger charge is 2.35. The molecule has 0 amide bonds. The molecular weight excluding hydrogens is 246 g/mol. The lowest BCUT2D eigenvalue weighted by molar-refractivity contribution is 0.00258. The van der Waals surface area contributed by atoms with Crippen LogP contribution in [0.4, 0.5) is 0 Å². The minimum atomic E-state index is 0.217. The molecule has 3 aliphatic rings. The van der Waals surface area contributed by atoms with Gasteiger partial charge in [0, 0.05) is 49.8 Å². The Labute approximate surface area is 114 Å². The number of fused-ring (bicyclic) bond motifs is 3. The number of piperazine rings is 3. The van der Waals surface area contributed by atoms with Crippen molar-refractivity contribution in [1.82, 2.24) is 9.80 Å². The normalized spacial score (nSPS) is 32.4. The second kappa shape index (κ2) is 5.17. The molecule has 2 atom stereocenters. The lowest BCUT2D eigenvalue weighted by Gasteiger charge is -2.49. The highest BCUT2D eigenvalue weighted by atomic mass is 35.5. The second-order valence-corrected chi connectivity index (χ2v) is 5.83. The van der Waals surface area contributed by atoms with Gasteiger partial charge < -0.3 is 5.73 Å². The van der Waals surface area contributed by atoms with Crippen molar-refractivity contribution < 1.29 is 0 Å². The molecule has 2 N–H and O–H groups in total. The molecule has 0 radical (unpaired) electrons. The van der Waals surface area contributed by atoms with E-state index in [1.165, 1.54) is 31.7 Å². The van der Waals surface area contributed by atoms with Crippen LogP contribution in [-0.2, 0) is 6.42 Å². The van der Waals surface area contributed by atoms with Crippen LogP contribution in [0.25, 0.3) is 0 Å². The number of nitrogens with zero attached hydrogens (tertiary/aromatic N) is 2. The Kier molecular flexibility index (Phi) is 3.57. The Morgan fingerprint density at radius 1 is 1.17 bits per heavy atom. The summed E-state index contributed by atoms with van der Waals surface area (Å²) in [7, 11) is 0. The molecule has 18 heavy (non-hydrogen) atoms. The summed E-state index contributed by atoms with van der Waals surface area (Å²) in [4.78, 5) is 5.09. The number of hydrogen-bond donors (Lipinski definition) is 1. The molecule has 0 spiro atoms. The zero-order chi connectivity index (χ0) is 12.5. The van der Waals surface area contributed by atoms with Gasteiger partial charge in [-0.1, -0.05) is 23.7 Å². The molecule has 0 aliphatic carbocycles. The van der Waals surface area contributed by atoms with Gasteiger partial charge in [0.2, 0.25) is 0 Å². The number of nitrogens with two attached hydrogens (primary N) is 1. The molecule has 3 aliphatic heterocycles. The molecule has 4 rings (SSSR count). The zero-order valence-electron chi connectivity index (χ0n) is 10.6. The van der Waals surface area contributed by atoms with E-state index in [-0.39, 0.29) is 6.04 Å². The van der Waals surface area contributed by atoms with Gasteiger partial charge in [-0.15, -0.1) is 0 Å². The molecule has 98 valence electrons. The summed E-state index contributed by atoms with van der Waals surface area (Å²) in [6.45, 7) is 5.92. The largest absolute Gasteiger partial charge is 0.326 e. The Bertz CT molecular complexity index is 398. The minimum absolute atomic E-state index is 0.217. The third-order valence-corrected chi connectivity index (χ3v) is 4.45. The van der Waals surface area contributed by atoms with E-state index in [9.17, 15) is 0 Å². The molecule has 3 nitrogen and oxygen atoms in total. The van der Waals surface area contributed by atoms with Gasteiger partial charge in [-0.2, -0.15) is 0 Å². The van der Waals surface area contributed by atoms with Crippen molar-refractivity contribution in [3.8, 4) is 0 Å². The first kappa shape index (κ1) is 12.4. The van der Waals surface area contributed by atoms with E-state index in [0.29, 0.717) is 6.04 Å². The lowest BCUT2D eigenvalue weighted by atomic mass is 9.95. The number of halogens is 1. The van der Waals surface area contributed by atoms with Crippen molar-refractivity contribution >= 4 is 11.6 Å². The van der Waals surface area contributed by atoms with Crippen LogP contribution in [0.1, 0.15) is 5.56 Å². The predicted octanol–water partition coefficient (Wildman–Crippen LogP) is 1.21. The van der Waals surface area contributed by atoms with Gasteiger partial charge in [0.25, 0.3) is 0 Å². The third-order valence-electron chi connectivity index (χ3n) is 4.20. The fourth-order valence-electron chi connectivity index (χ4n) is 3.09. The summed E-state index contributed by atoms with van der Waals surface area (Å²) in [5.74, 6) is 0. The first-order valence-electron chi connectivity index (χ1n) is 6.69. The molecule has 3 heterocycles. The van der Waals surface area contributed by atoms with Crippen LogP contribution in [-0.4, -0.2) is 54.6 Å². The van der Waals surface area contributed by atoms with Gasteiger partial charge in [-0.25, -0.2) is 0 Å². The van der Waals surface area contributed by atoms with Crippen LogP contribution in [0.2, 0.25) is 5.02 Å². The van der Waals surface area contributed by atoms with Crippen LogP contribution < -0.4 is 5.73 Å². The van der Waals surface area contributed by atoms with Crippen molar-refractivity contribution in [2.75, 3.05) is 32.7 Å². The standard InChI is InChI=1S/C14H20ClN3/c15-12-3-1-11(2-4-12)9-13(16)14-10-17-5-7-18(14)8-6-17/h1-4,13-14H,5-10,16H2. The maximum absolute atomic E-state index is 6.40. The number of hydrogen-bond acceptors (Lipinski definition) is 3. The summed E-state index contributed by atoms with van der Waals surface area (Å²) in [5.41, 5.74) is 7.69. The molecule has 1 aromatic rings. The van der Waals surface area contributed by atoms with E-state index in [1.807, 2.05) is 12.1 Å². The highest BCUT2D eigenvalue weighted by molar-refractivity contribution is 6.30. The van der Waals surface area contributed by atoms with Crippen LogP contribution in [0.3, 0.4) is 0 Å². The summed E-state index contributed by atoms with van der Waals surface area (Å²) < 4.78 is 0. The zero-order valence-corrected chi connectivity index (χ0v) is 11.3. The Balaban J connectivity index is 1.64. The maximum atomic E-state index is 6.40. The first-order valence-corrected chi connectivity index (χ1v) is 7.06. The second-order valence-electron chi connectivity index (χ2n) is 5.40. The van der Waals surface area contributed by atoms with Gasteiger partial charge in [0.05, 0.1) is 0 Å². The van der Waals surface area contributed by atoms with Crippen molar-refractivity contribution in [2.24, 2.45) is 5.73 Å². The molecule has 3 fully saturated rings. The van der Waals surface area contributed by atoms with Crippen molar-refractivity contribution in [3.05, 3.63) is 34.9 Å². The lowest BCUT2D eigenvalue weighted by Crippen LogP contribution is -2.66. The maximum Gasteiger partial charge on any atom is 0.0406 e. The number of benzene rings is 1. The number of rotatable bonds is 3. The minimum Gasteiger partial charge on any atom is -0.326 e. The first-order chi connectivity index (χ1) is 8.72. The van der Waals surface area contributed by atoms with E-state index in [2.05, 4.69) is 21.9 Å². The fraction of sp³-hybridized carbons (Fsp3) is 0.571. The topological polar surface area (TPSA) is 32.5 Å². The SMILES string of the molecule is NC(Cc1ccc(Cl)cc1)C1CN2CCN1CC2. The molecule has 4 heteroatoms. The molecule has 3 saturated heterocycles. The molecule has 0 aromatic heterocycles. The summed E-state index contributed by atoms with van der Waals surface area (Å²) in [6.07, 6.45) is 0.937. The van der Waals surface area contributed by atoms with E-state index in [0.717, 1.165) is 18.0 Å². The monoisotopic (exact) mass is 265 g/mol. The van der Waals surface area contributed by atoms with Gasteiger partial charge in [0.15, 0.2) is 0 Å². The smallest absolute Gasteiger partial charge is 0.0406 e. The Morgan fingerprint density at radius 3 is 2.39 bits per heavy atom. The van der Waals surface area contributed by atoms with Crippen molar-refractivity contribution in [1.29, 1.82) is 0 Å². The Hall–Kier alpha value is -0.610. The summed E-state index contributed by atoms with van der Waals surface area (Å²) >= 11 is 5.90. The van der Waals surface area contributed by atoms with Crippen molar-refractivity contribution in [3.63, 3.8) is 0 Å². The molecule has 0 saturated carbocycles. The average molecular weight is 266 g/mol. The van der Waals surface area contributed by atoms with Crippen LogP contribution in [0, 0.1) is 0 Å². The van der Waals surface area contributed by atoms with E-state index in [1.54, 1.807) is 0 Å². The van der Waals surface area contributed by atoms with Crippen LogP contribution in [0.15, 0.2) is 24.3 Å². The fourth-order valence-corrected chi connectivity index (χ4v) is 3.22. The average Bonchev–Trinajstić information content (AvgIpc) is 2.42. The molecule has 2 unspecified atom stereocenters. The van der Waals surface area contributed by atoms with Crippen LogP contribution >= 0.6 is 11.6 Å². The van der Waals surface area contributed by atoms with Gasteiger partial charge in [-0.05, 0) is 24.1 Å². The van der Waals surface area contributed by atoms with Gasteiger partial charge >= 0.3 is 0 Å². The molecule has 2 bridgehead atoms.